The van der Waals surface area contributed by atoms with Crippen molar-refractivity contribution in [2.75, 3.05) is 18.4 Å². The number of aryl methyl sites for hydroxylation is 1. The van der Waals surface area contributed by atoms with E-state index in [1.54, 1.807) is 4.90 Å². The van der Waals surface area contributed by atoms with Crippen LogP contribution in [0, 0.1) is 18.7 Å². The van der Waals surface area contributed by atoms with Crippen molar-refractivity contribution in [1.29, 1.82) is 0 Å². The minimum absolute atomic E-state index is 0.000980. The van der Waals surface area contributed by atoms with Gasteiger partial charge < -0.3 is 10.2 Å². The minimum atomic E-state index is -4.33. The third-order valence-corrected chi connectivity index (χ3v) is 7.85. The predicted molar refractivity (Wildman–Crippen MR) is 112 cm³/mol. The van der Waals surface area contributed by atoms with Gasteiger partial charge in [0, 0.05) is 12.5 Å². The zero-order valence-electron chi connectivity index (χ0n) is 16.7. The fourth-order valence-corrected chi connectivity index (χ4v) is 6.07. The summed E-state index contributed by atoms with van der Waals surface area (Å²) in [5.74, 6) is -1.02. The fourth-order valence-electron chi connectivity index (χ4n) is 4.62. The molecule has 0 saturated carbocycles. The van der Waals surface area contributed by atoms with E-state index in [4.69, 9.17) is 0 Å². The van der Waals surface area contributed by atoms with Gasteiger partial charge in [-0.15, -0.1) is 0 Å². The number of carbonyl (C=O) groups excluding carboxylic acids is 2. The molecule has 3 aliphatic rings. The van der Waals surface area contributed by atoms with Crippen LogP contribution in [0.2, 0.25) is 0 Å². The summed E-state index contributed by atoms with van der Waals surface area (Å²) in [6, 6.07) is 10.2. The van der Waals surface area contributed by atoms with Gasteiger partial charge in [-0.25, -0.2) is 21.9 Å². The van der Waals surface area contributed by atoms with Gasteiger partial charge in [0.25, 0.3) is 10.0 Å². The molecule has 1 saturated heterocycles. The summed E-state index contributed by atoms with van der Waals surface area (Å²) in [4.78, 5) is 26.6. The molecule has 2 bridgehead atoms. The molecule has 1 fully saturated rings. The largest absolute Gasteiger partial charge is 0.336 e. The second kappa shape index (κ2) is 6.91. The lowest BCUT2D eigenvalue weighted by Crippen LogP contribution is -2.50. The standard InChI is InChI=1S/C22H20FN3O4S/c1-13-3-2-4-14(7-13)18-10-17-8-15(18)11-25(17)21(27)12-26-22(28)24-19-6-5-16(23)9-20(19)31(26,29)30/h2-7,9-10,15,17H,8,11-12H2,1H3,(H,24,28)/t15-,17-/m1/s1. The normalized spacial score (nSPS) is 23.4. The lowest BCUT2D eigenvalue weighted by atomic mass is 9.94. The van der Waals surface area contributed by atoms with Crippen LogP contribution < -0.4 is 5.32 Å². The molecule has 1 aliphatic carbocycles. The van der Waals surface area contributed by atoms with Crippen molar-refractivity contribution in [1.82, 2.24) is 9.21 Å². The Labute approximate surface area is 179 Å². The Morgan fingerprint density at radius 2 is 2.03 bits per heavy atom. The van der Waals surface area contributed by atoms with Crippen LogP contribution in [0.3, 0.4) is 0 Å². The molecule has 0 spiro atoms. The van der Waals surface area contributed by atoms with E-state index in [1.807, 2.05) is 25.1 Å². The molecule has 2 aliphatic heterocycles. The first kappa shape index (κ1) is 19.7. The average Bonchev–Trinajstić information content (AvgIpc) is 3.33. The highest BCUT2D eigenvalue weighted by Crippen LogP contribution is 2.42. The molecule has 3 amide bonds. The topological polar surface area (TPSA) is 86.8 Å². The van der Waals surface area contributed by atoms with E-state index in [1.165, 1.54) is 11.6 Å². The summed E-state index contributed by atoms with van der Waals surface area (Å²) in [5.41, 5.74) is 3.50. The predicted octanol–water partition coefficient (Wildman–Crippen LogP) is 2.98. The first-order chi connectivity index (χ1) is 14.7. The van der Waals surface area contributed by atoms with Crippen molar-refractivity contribution in [2.45, 2.75) is 24.3 Å². The number of fused-ring (bicyclic) bond motifs is 3. The summed E-state index contributed by atoms with van der Waals surface area (Å²) >= 11 is 0. The van der Waals surface area contributed by atoms with Crippen LogP contribution in [0.25, 0.3) is 5.57 Å². The Kier molecular flexibility index (Phi) is 4.40. The molecular formula is C22H20FN3O4S. The van der Waals surface area contributed by atoms with Crippen molar-refractivity contribution < 1.29 is 22.4 Å². The lowest BCUT2D eigenvalue weighted by molar-refractivity contribution is -0.131. The van der Waals surface area contributed by atoms with E-state index in [2.05, 4.69) is 17.5 Å². The molecular weight excluding hydrogens is 421 g/mol. The second-order valence-corrected chi connectivity index (χ2v) is 9.95. The van der Waals surface area contributed by atoms with Gasteiger partial charge in [-0.3, -0.25) is 4.79 Å². The zero-order chi connectivity index (χ0) is 21.9. The van der Waals surface area contributed by atoms with Gasteiger partial charge in [0.05, 0.1) is 11.7 Å². The molecule has 31 heavy (non-hydrogen) atoms. The van der Waals surface area contributed by atoms with Gasteiger partial charge in [-0.1, -0.05) is 35.9 Å². The maximum atomic E-state index is 13.6. The van der Waals surface area contributed by atoms with E-state index >= 15 is 0 Å². The van der Waals surface area contributed by atoms with E-state index in [0.29, 0.717) is 10.8 Å². The molecule has 7 nitrogen and oxygen atoms in total. The number of halogens is 1. The number of sulfonamides is 1. The number of hydrogen-bond donors (Lipinski definition) is 1. The Balaban J connectivity index is 1.36. The van der Waals surface area contributed by atoms with E-state index in [0.717, 1.165) is 29.7 Å². The maximum absolute atomic E-state index is 13.6. The first-order valence-corrected chi connectivity index (χ1v) is 11.4. The summed E-state index contributed by atoms with van der Waals surface area (Å²) in [7, 11) is -4.33. The van der Waals surface area contributed by atoms with Gasteiger partial charge >= 0.3 is 6.03 Å². The minimum Gasteiger partial charge on any atom is -0.334 e. The number of urea groups is 1. The highest BCUT2D eigenvalue weighted by molar-refractivity contribution is 7.90. The van der Waals surface area contributed by atoms with Crippen LogP contribution in [0.4, 0.5) is 14.9 Å². The molecule has 0 radical (unpaired) electrons. The summed E-state index contributed by atoms with van der Waals surface area (Å²) in [6.45, 7) is 1.88. The number of carbonyl (C=O) groups is 2. The van der Waals surface area contributed by atoms with Crippen molar-refractivity contribution in [3.05, 3.63) is 65.5 Å². The Morgan fingerprint density at radius 3 is 2.74 bits per heavy atom. The number of nitrogens with zero attached hydrogens (tertiary/aromatic N) is 2. The maximum Gasteiger partial charge on any atom is 0.336 e. The van der Waals surface area contributed by atoms with Gasteiger partial charge in [0.15, 0.2) is 0 Å². The summed E-state index contributed by atoms with van der Waals surface area (Å²) < 4.78 is 39.8. The van der Waals surface area contributed by atoms with E-state index in [-0.39, 0.29) is 22.5 Å². The highest BCUT2D eigenvalue weighted by Gasteiger charge is 2.44. The van der Waals surface area contributed by atoms with Crippen molar-refractivity contribution in [3.63, 3.8) is 0 Å². The quantitative estimate of drug-likeness (QED) is 0.794. The third-order valence-electron chi connectivity index (χ3n) is 6.09. The fraction of sp³-hybridized carbons (Fsp3) is 0.273. The van der Waals surface area contributed by atoms with Crippen LogP contribution >= 0.6 is 0 Å². The van der Waals surface area contributed by atoms with E-state index < -0.39 is 34.3 Å². The Hall–Kier alpha value is -3.20. The average molecular weight is 441 g/mol. The molecule has 5 rings (SSSR count). The SMILES string of the molecule is Cc1cccc(C2=C[C@H]3C[C@@H]2CN3C(=O)CN2C(=O)Nc3ccc(F)cc3S2(=O)=O)c1. The van der Waals surface area contributed by atoms with Crippen molar-refractivity contribution >= 4 is 33.2 Å². The summed E-state index contributed by atoms with van der Waals surface area (Å²) in [6.07, 6.45) is 2.83. The second-order valence-electron chi connectivity index (χ2n) is 8.12. The van der Waals surface area contributed by atoms with Gasteiger partial charge in [0.1, 0.15) is 17.3 Å². The molecule has 0 unspecified atom stereocenters. The van der Waals surface area contributed by atoms with Crippen molar-refractivity contribution in [3.8, 4) is 0 Å². The molecule has 1 N–H and O–H groups in total. The summed E-state index contributed by atoms with van der Waals surface area (Å²) in [5, 5.41) is 2.42. The number of amides is 3. The lowest BCUT2D eigenvalue weighted by Gasteiger charge is -2.32. The third kappa shape index (κ3) is 3.20. The molecule has 9 heteroatoms. The van der Waals surface area contributed by atoms with Gasteiger partial charge in [0.2, 0.25) is 5.91 Å². The molecule has 160 valence electrons. The molecule has 2 aromatic carbocycles. The molecule has 2 atom stereocenters. The number of nitrogens with one attached hydrogen (secondary N) is 1. The smallest absolute Gasteiger partial charge is 0.334 e. The Morgan fingerprint density at radius 1 is 1.23 bits per heavy atom. The molecule has 0 aromatic heterocycles. The van der Waals surface area contributed by atoms with Crippen LogP contribution in [0.15, 0.2) is 53.4 Å². The zero-order valence-corrected chi connectivity index (χ0v) is 17.5. The van der Waals surface area contributed by atoms with Crippen LogP contribution in [0.5, 0.6) is 0 Å². The van der Waals surface area contributed by atoms with Crippen LogP contribution in [0.1, 0.15) is 17.5 Å². The van der Waals surface area contributed by atoms with Gasteiger partial charge in [-0.05, 0) is 42.7 Å². The molecule has 2 heterocycles. The first-order valence-electron chi connectivity index (χ1n) is 9.95. The molecule has 2 aromatic rings. The van der Waals surface area contributed by atoms with Crippen LogP contribution in [-0.2, 0) is 14.8 Å². The number of benzene rings is 2. The number of likely N-dealkylation sites (tertiary alicyclic amines) is 1. The monoisotopic (exact) mass is 441 g/mol. The number of hydrogen-bond acceptors (Lipinski definition) is 4. The number of anilines is 1. The van der Waals surface area contributed by atoms with Crippen molar-refractivity contribution in [2.24, 2.45) is 5.92 Å². The van der Waals surface area contributed by atoms with E-state index in [9.17, 15) is 22.4 Å². The van der Waals surface area contributed by atoms with Crippen LogP contribution in [-0.4, -0.2) is 48.7 Å². The van der Waals surface area contributed by atoms with Gasteiger partial charge in [-0.2, -0.15) is 0 Å². The Bertz CT molecular complexity index is 1260. The highest BCUT2D eigenvalue weighted by atomic mass is 32.2. The number of rotatable bonds is 3.